The molecular formula is C22H20Cl2N2O3S. The van der Waals surface area contributed by atoms with Crippen molar-refractivity contribution >= 4 is 50.5 Å². The minimum absolute atomic E-state index is 0.0190. The van der Waals surface area contributed by atoms with Crippen molar-refractivity contribution in [1.82, 2.24) is 0 Å². The van der Waals surface area contributed by atoms with Crippen molar-refractivity contribution in [1.29, 1.82) is 0 Å². The molecule has 8 heteroatoms. The number of hydrogen-bond donors (Lipinski definition) is 2. The van der Waals surface area contributed by atoms with Crippen molar-refractivity contribution in [3.05, 3.63) is 86.9 Å². The second kappa shape index (κ2) is 8.68. The zero-order chi connectivity index (χ0) is 22.1. The van der Waals surface area contributed by atoms with Gasteiger partial charge >= 0.3 is 0 Å². The van der Waals surface area contributed by atoms with Crippen molar-refractivity contribution in [3.8, 4) is 0 Å². The number of anilines is 2. The van der Waals surface area contributed by atoms with Crippen LogP contribution in [0.2, 0.25) is 10.0 Å². The van der Waals surface area contributed by atoms with Crippen LogP contribution in [0.15, 0.2) is 59.5 Å². The van der Waals surface area contributed by atoms with Crippen LogP contribution in [0.3, 0.4) is 0 Å². The maximum Gasteiger partial charge on any atom is 0.262 e. The summed E-state index contributed by atoms with van der Waals surface area (Å²) in [7, 11) is -3.89. The Bertz CT molecular complexity index is 1240. The number of carbonyl (C=O) groups is 1. The lowest BCUT2D eigenvalue weighted by Gasteiger charge is -2.13. The maximum absolute atomic E-state index is 13.0. The fraction of sp³-hybridized carbons (Fsp3) is 0.136. The Kier molecular flexibility index (Phi) is 6.41. The van der Waals surface area contributed by atoms with Gasteiger partial charge in [0.15, 0.2) is 0 Å². The summed E-state index contributed by atoms with van der Waals surface area (Å²) in [6, 6.07) is 14.7. The Balaban J connectivity index is 1.91. The van der Waals surface area contributed by atoms with Crippen molar-refractivity contribution in [2.75, 3.05) is 10.0 Å². The number of amides is 1. The van der Waals surface area contributed by atoms with Crippen LogP contribution in [0, 0.1) is 20.8 Å². The second-order valence-electron chi connectivity index (χ2n) is 6.94. The third-order valence-corrected chi connectivity index (χ3v) is 7.04. The number of carbonyl (C=O) groups excluding carboxylic acids is 1. The van der Waals surface area contributed by atoms with Gasteiger partial charge in [-0.25, -0.2) is 8.42 Å². The lowest BCUT2D eigenvalue weighted by Crippen LogP contribution is -2.17. The molecule has 2 N–H and O–H groups in total. The van der Waals surface area contributed by atoms with E-state index >= 15 is 0 Å². The van der Waals surface area contributed by atoms with Gasteiger partial charge in [0, 0.05) is 11.3 Å². The minimum atomic E-state index is -3.89. The van der Waals surface area contributed by atoms with Gasteiger partial charge in [-0.3, -0.25) is 9.52 Å². The fourth-order valence-corrected chi connectivity index (χ4v) is 4.51. The number of halogens is 2. The molecule has 0 heterocycles. The lowest BCUT2D eigenvalue weighted by atomic mass is 10.1. The average Bonchev–Trinajstić information content (AvgIpc) is 2.68. The predicted octanol–water partition coefficient (Wildman–Crippen LogP) is 5.97. The smallest absolute Gasteiger partial charge is 0.262 e. The van der Waals surface area contributed by atoms with E-state index in [1.54, 1.807) is 49.4 Å². The number of rotatable bonds is 5. The van der Waals surface area contributed by atoms with E-state index in [9.17, 15) is 13.2 Å². The highest BCUT2D eigenvalue weighted by molar-refractivity contribution is 7.92. The van der Waals surface area contributed by atoms with Crippen LogP contribution in [-0.4, -0.2) is 14.3 Å². The van der Waals surface area contributed by atoms with Crippen LogP contribution in [0.25, 0.3) is 0 Å². The van der Waals surface area contributed by atoms with Gasteiger partial charge in [0.2, 0.25) is 0 Å². The normalized spacial score (nSPS) is 11.2. The molecule has 0 unspecified atom stereocenters. The van der Waals surface area contributed by atoms with E-state index in [4.69, 9.17) is 23.2 Å². The van der Waals surface area contributed by atoms with Crippen LogP contribution in [-0.2, 0) is 10.0 Å². The van der Waals surface area contributed by atoms with E-state index in [1.807, 2.05) is 19.9 Å². The zero-order valence-electron chi connectivity index (χ0n) is 16.6. The summed E-state index contributed by atoms with van der Waals surface area (Å²) < 4.78 is 28.5. The molecule has 1 amide bonds. The summed E-state index contributed by atoms with van der Waals surface area (Å²) in [4.78, 5) is 12.7. The fourth-order valence-electron chi connectivity index (χ4n) is 2.84. The summed E-state index contributed by atoms with van der Waals surface area (Å²) >= 11 is 12.1. The monoisotopic (exact) mass is 462 g/mol. The molecular weight excluding hydrogens is 443 g/mol. The second-order valence-corrected chi connectivity index (χ2v) is 9.38. The molecule has 0 saturated carbocycles. The van der Waals surface area contributed by atoms with E-state index in [-0.39, 0.29) is 15.5 Å². The van der Waals surface area contributed by atoms with Gasteiger partial charge in [0.05, 0.1) is 20.6 Å². The molecule has 0 spiro atoms. The summed E-state index contributed by atoms with van der Waals surface area (Å²) in [6.07, 6.45) is 0. The van der Waals surface area contributed by atoms with Crippen LogP contribution in [0.1, 0.15) is 27.0 Å². The maximum atomic E-state index is 13.0. The summed E-state index contributed by atoms with van der Waals surface area (Å²) in [5.74, 6) is -0.498. The molecule has 0 atom stereocenters. The molecule has 3 aromatic carbocycles. The van der Waals surface area contributed by atoms with Gasteiger partial charge in [-0.15, -0.1) is 0 Å². The average molecular weight is 463 g/mol. The van der Waals surface area contributed by atoms with Crippen LogP contribution >= 0.6 is 23.2 Å². The van der Waals surface area contributed by atoms with Gasteiger partial charge in [0.1, 0.15) is 0 Å². The highest BCUT2D eigenvalue weighted by Crippen LogP contribution is 2.30. The SMILES string of the molecule is Cc1ccc(NS(=O)(=O)c2cc(C(=O)Nc3cccc(Cl)c3Cl)ccc2C)cc1C. The first-order valence-electron chi connectivity index (χ1n) is 9.04. The van der Waals surface area contributed by atoms with Crippen LogP contribution in [0.5, 0.6) is 0 Å². The quantitative estimate of drug-likeness (QED) is 0.490. The zero-order valence-corrected chi connectivity index (χ0v) is 18.9. The molecule has 30 heavy (non-hydrogen) atoms. The molecule has 0 aliphatic rings. The first-order chi connectivity index (χ1) is 14.1. The van der Waals surface area contributed by atoms with E-state index < -0.39 is 15.9 Å². The third-order valence-electron chi connectivity index (χ3n) is 4.70. The van der Waals surface area contributed by atoms with Crippen LogP contribution in [0.4, 0.5) is 11.4 Å². The Morgan fingerprint density at radius 1 is 0.867 bits per heavy atom. The molecule has 0 saturated heterocycles. The van der Waals surface area contributed by atoms with Gasteiger partial charge in [-0.1, -0.05) is 41.4 Å². The predicted molar refractivity (Wildman–Crippen MR) is 122 cm³/mol. The molecule has 3 rings (SSSR count). The Hall–Kier alpha value is -2.54. The number of aryl methyl sites for hydroxylation is 3. The van der Waals surface area contributed by atoms with E-state index in [0.29, 0.717) is 22.0 Å². The lowest BCUT2D eigenvalue weighted by molar-refractivity contribution is 0.102. The number of sulfonamides is 1. The van der Waals surface area contributed by atoms with Gasteiger partial charge < -0.3 is 5.32 Å². The molecule has 0 radical (unpaired) electrons. The summed E-state index contributed by atoms with van der Waals surface area (Å²) in [5.41, 5.74) is 3.53. The molecule has 156 valence electrons. The molecule has 0 fully saturated rings. The molecule has 3 aromatic rings. The van der Waals surface area contributed by atoms with E-state index in [0.717, 1.165) is 11.1 Å². The Morgan fingerprint density at radius 3 is 2.27 bits per heavy atom. The highest BCUT2D eigenvalue weighted by atomic mass is 35.5. The van der Waals surface area contributed by atoms with Crippen molar-refractivity contribution in [2.24, 2.45) is 0 Å². The van der Waals surface area contributed by atoms with Crippen LogP contribution < -0.4 is 10.0 Å². The Morgan fingerprint density at radius 2 is 1.57 bits per heavy atom. The number of hydrogen-bond acceptors (Lipinski definition) is 3. The largest absolute Gasteiger partial charge is 0.321 e. The Labute approximate surface area is 186 Å². The van der Waals surface area contributed by atoms with Gasteiger partial charge in [0.25, 0.3) is 15.9 Å². The number of nitrogens with one attached hydrogen (secondary N) is 2. The number of benzene rings is 3. The molecule has 0 bridgehead atoms. The molecule has 0 aliphatic heterocycles. The first-order valence-corrected chi connectivity index (χ1v) is 11.3. The molecule has 0 aromatic heterocycles. The van der Waals surface area contributed by atoms with Crippen molar-refractivity contribution in [3.63, 3.8) is 0 Å². The van der Waals surface area contributed by atoms with Gasteiger partial charge in [-0.2, -0.15) is 0 Å². The van der Waals surface area contributed by atoms with E-state index in [2.05, 4.69) is 10.0 Å². The molecule has 5 nitrogen and oxygen atoms in total. The standard InChI is InChI=1S/C22H20Cl2N2O3S/c1-13-8-10-17(11-15(13)3)26-30(28,29)20-12-16(9-7-14(20)2)22(27)25-19-6-4-5-18(23)21(19)24/h4-12,26H,1-3H3,(H,25,27). The van der Waals surface area contributed by atoms with Crippen molar-refractivity contribution < 1.29 is 13.2 Å². The molecule has 0 aliphatic carbocycles. The van der Waals surface area contributed by atoms with Gasteiger partial charge in [-0.05, 0) is 73.9 Å². The first kappa shape index (κ1) is 22.2. The van der Waals surface area contributed by atoms with Crippen molar-refractivity contribution in [2.45, 2.75) is 25.7 Å². The topological polar surface area (TPSA) is 75.3 Å². The highest BCUT2D eigenvalue weighted by Gasteiger charge is 2.20. The third kappa shape index (κ3) is 4.78. The summed E-state index contributed by atoms with van der Waals surface area (Å²) in [5, 5.41) is 3.18. The minimum Gasteiger partial charge on any atom is -0.321 e. The summed E-state index contributed by atoms with van der Waals surface area (Å²) in [6.45, 7) is 5.53. The van der Waals surface area contributed by atoms with E-state index in [1.165, 1.54) is 6.07 Å².